The molecule has 1 aromatic carbocycles. The Bertz CT molecular complexity index is 510. The average Bonchev–Trinajstić information content (AvgIpc) is 2.76. The van der Waals surface area contributed by atoms with Gasteiger partial charge in [-0.05, 0) is 19.1 Å². The van der Waals surface area contributed by atoms with Crippen LogP contribution in [0.1, 0.15) is 12.8 Å². The lowest BCUT2D eigenvalue weighted by atomic mass is 10.2. The molecule has 18 heavy (non-hydrogen) atoms. The van der Waals surface area contributed by atoms with Crippen LogP contribution in [0.15, 0.2) is 28.8 Å². The van der Waals surface area contributed by atoms with Crippen molar-refractivity contribution in [3.05, 3.63) is 30.2 Å². The highest BCUT2D eigenvalue weighted by atomic mass is 16.5. The minimum absolute atomic E-state index is 0.247. The van der Waals surface area contributed by atoms with Gasteiger partial charge in [-0.2, -0.15) is 4.98 Å². The minimum Gasteiger partial charge on any atom is -0.383 e. The summed E-state index contributed by atoms with van der Waals surface area (Å²) in [4.78, 5) is 4.21. The van der Waals surface area contributed by atoms with E-state index in [0.29, 0.717) is 18.3 Å². The summed E-state index contributed by atoms with van der Waals surface area (Å²) in [6, 6.07) is 8.16. The zero-order chi connectivity index (χ0) is 13.0. The van der Waals surface area contributed by atoms with Gasteiger partial charge in [0, 0.05) is 31.3 Å². The number of ether oxygens (including phenoxy) is 1. The molecular weight excluding hydrogens is 230 g/mol. The molecule has 0 saturated carbocycles. The molecule has 0 unspecified atom stereocenters. The highest BCUT2D eigenvalue weighted by Gasteiger charge is 2.07. The lowest BCUT2D eigenvalue weighted by molar-refractivity contribution is 0.190. The van der Waals surface area contributed by atoms with Crippen LogP contribution in [0.3, 0.4) is 0 Å². The molecule has 0 radical (unpaired) electrons. The third-order valence-electron chi connectivity index (χ3n) is 2.48. The molecule has 96 valence electrons. The van der Waals surface area contributed by atoms with Gasteiger partial charge in [-0.25, -0.2) is 0 Å². The molecule has 0 aliphatic carbocycles. The normalized spacial score (nSPS) is 12.4. The fourth-order valence-electron chi connectivity index (χ4n) is 1.74. The van der Waals surface area contributed by atoms with Crippen molar-refractivity contribution in [2.75, 3.05) is 19.0 Å². The van der Waals surface area contributed by atoms with Crippen LogP contribution in [-0.4, -0.2) is 29.9 Å². The number of anilines is 1. The Kier molecular flexibility index (Phi) is 3.94. The summed E-state index contributed by atoms with van der Waals surface area (Å²) in [6.45, 7) is 4.50. The molecule has 1 atom stereocenters. The standard InChI is InChI=1S/C13H17N3O2/c1-9(8-17-3)14-12-6-4-5-11(7-12)13-15-10(2)18-16-13/h4-7,9,14H,8H2,1-3H3/t9-/m0/s1. The van der Waals surface area contributed by atoms with Crippen LogP contribution >= 0.6 is 0 Å². The quantitative estimate of drug-likeness (QED) is 0.879. The molecule has 1 heterocycles. The van der Waals surface area contributed by atoms with Gasteiger partial charge in [0.1, 0.15) is 0 Å². The number of aryl methyl sites for hydroxylation is 1. The third kappa shape index (κ3) is 3.07. The molecule has 1 N–H and O–H groups in total. The van der Waals surface area contributed by atoms with Crippen LogP contribution < -0.4 is 5.32 Å². The lowest BCUT2D eigenvalue weighted by Gasteiger charge is -2.14. The molecule has 5 heteroatoms. The molecule has 0 spiro atoms. The van der Waals surface area contributed by atoms with Crippen molar-refractivity contribution in [1.82, 2.24) is 10.1 Å². The molecule has 0 aliphatic heterocycles. The van der Waals surface area contributed by atoms with E-state index in [1.807, 2.05) is 24.3 Å². The molecule has 2 aromatic rings. The molecule has 5 nitrogen and oxygen atoms in total. The van der Waals surface area contributed by atoms with Crippen molar-refractivity contribution in [3.8, 4) is 11.4 Å². The second-order valence-electron chi connectivity index (χ2n) is 4.22. The van der Waals surface area contributed by atoms with E-state index in [1.165, 1.54) is 0 Å². The predicted octanol–water partition coefficient (Wildman–Crippen LogP) is 2.49. The largest absolute Gasteiger partial charge is 0.383 e. The number of aromatic nitrogens is 2. The highest BCUT2D eigenvalue weighted by molar-refractivity contribution is 5.62. The van der Waals surface area contributed by atoms with E-state index in [-0.39, 0.29) is 6.04 Å². The topological polar surface area (TPSA) is 60.2 Å². The fourth-order valence-corrected chi connectivity index (χ4v) is 1.74. The second-order valence-corrected chi connectivity index (χ2v) is 4.22. The van der Waals surface area contributed by atoms with Gasteiger partial charge >= 0.3 is 0 Å². The van der Waals surface area contributed by atoms with Crippen LogP contribution in [0.2, 0.25) is 0 Å². The van der Waals surface area contributed by atoms with Gasteiger partial charge in [0.15, 0.2) is 0 Å². The number of hydrogen-bond acceptors (Lipinski definition) is 5. The van der Waals surface area contributed by atoms with Crippen molar-refractivity contribution in [2.45, 2.75) is 19.9 Å². The molecule has 0 saturated heterocycles. The van der Waals surface area contributed by atoms with Gasteiger partial charge in [0.25, 0.3) is 0 Å². The van der Waals surface area contributed by atoms with E-state index < -0.39 is 0 Å². The van der Waals surface area contributed by atoms with Crippen LogP contribution in [0.25, 0.3) is 11.4 Å². The van der Waals surface area contributed by atoms with Crippen LogP contribution in [0.5, 0.6) is 0 Å². The SMILES string of the molecule is COC[C@H](C)Nc1cccc(-c2noc(C)n2)c1. The van der Waals surface area contributed by atoms with Crippen molar-refractivity contribution in [2.24, 2.45) is 0 Å². The Morgan fingerprint density at radius 3 is 2.94 bits per heavy atom. The average molecular weight is 247 g/mol. The zero-order valence-corrected chi connectivity index (χ0v) is 10.8. The summed E-state index contributed by atoms with van der Waals surface area (Å²) in [5.74, 6) is 1.17. The van der Waals surface area contributed by atoms with E-state index >= 15 is 0 Å². The first-order valence-corrected chi connectivity index (χ1v) is 5.85. The van der Waals surface area contributed by atoms with E-state index in [0.717, 1.165) is 11.3 Å². The summed E-state index contributed by atoms with van der Waals surface area (Å²) in [6.07, 6.45) is 0. The van der Waals surface area contributed by atoms with Gasteiger partial charge in [0.05, 0.1) is 6.61 Å². The van der Waals surface area contributed by atoms with Crippen molar-refractivity contribution in [1.29, 1.82) is 0 Å². The number of hydrogen-bond donors (Lipinski definition) is 1. The van der Waals surface area contributed by atoms with E-state index in [9.17, 15) is 0 Å². The highest BCUT2D eigenvalue weighted by Crippen LogP contribution is 2.20. The van der Waals surface area contributed by atoms with Gasteiger partial charge in [-0.3, -0.25) is 0 Å². The molecule has 0 aliphatic rings. The molecule has 0 fully saturated rings. The van der Waals surface area contributed by atoms with Gasteiger partial charge in [0.2, 0.25) is 11.7 Å². The smallest absolute Gasteiger partial charge is 0.223 e. The Hall–Kier alpha value is -1.88. The zero-order valence-electron chi connectivity index (χ0n) is 10.8. The second kappa shape index (κ2) is 5.64. The number of nitrogens with one attached hydrogen (secondary N) is 1. The maximum atomic E-state index is 5.09. The number of nitrogens with zero attached hydrogens (tertiary/aromatic N) is 2. The third-order valence-corrected chi connectivity index (χ3v) is 2.48. The predicted molar refractivity (Wildman–Crippen MR) is 69.4 cm³/mol. The molecule has 0 amide bonds. The number of methoxy groups -OCH3 is 1. The van der Waals surface area contributed by atoms with E-state index in [2.05, 4.69) is 22.4 Å². The van der Waals surface area contributed by atoms with Crippen molar-refractivity contribution >= 4 is 5.69 Å². The molecule has 0 bridgehead atoms. The van der Waals surface area contributed by atoms with Crippen LogP contribution in [0.4, 0.5) is 5.69 Å². The summed E-state index contributed by atoms with van der Waals surface area (Å²) in [5, 5.41) is 7.25. The van der Waals surface area contributed by atoms with Crippen molar-refractivity contribution in [3.63, 3.8) is 0 Å². The molecular formula is C13H17N3O2. The van der Waals surface area contributed by atoms with Gasteiger partial charge in [-0.15, -0.1) is 0 Å². The fraction of sp³-hybridized carbons (Fsp3) is 0.385. The number of benzene rings is 1. The Morgan fingerprint density at radius 2 is 2.28 bits per heavy atom. The Morgan fingerprint density at radius 1 is 1.44 bits per heavy atom. The minimum atomic E-state index is 0.247. The summed E-state index contributed by atoms with van der Waals surface area (Å²) in [5.41, 5.74) is 1.95. The Labute approximate surface area is 106 Å². The first-order valence-electron chi connectivity index (χ1n) is 5.85. The number of rotatable bonds is 5. The molecule has 2 rings (SSSR count). The van der Waals surface area contributed by atoms with E-state index in [4.69, 9.17) is 9.26 Å². The first-order chi connectivity index (χ1) is 8.69. The Balaban J connectivity index is 2.15. The maximum Gasteiger partial charge on any atom is 0.223 e. The lowest BCUT2D eigenvalue weighted by Crippen LogP contribution is -2.20. The van der Waals surface area contributed by atoms with Crippen LogP contribution in [-0.2, 0) is 4.74 Å². The van der Waals surface area contributed by atoms with Gasteiger partial charge < -0.3 is 14.6 Å². The van der Waals surface area contributed by atoms with Crippen molar-refractivity contribution < 1.29 is 9.26 Å². The summed E-state index contributed by atoms with van der Waals surface area (Å²) >= 11 is 0. The monoisotopic (exact) mass is 247 g/mol. The summed E-state index contributed by atoms with van der Waals surface area (Å²) in [7, 11) is 1.69. The van der Waals surface area contributed by atoms with E-state index in [1.54, 1.807) is 14.0 Å². The molecule has 1 aromatic heterocycles. The van der Waals surface area contributed by atoms with Gasteiger partial charge in [-0.1, -0.05) is 17.3 Å². The van der Waals surface area contributed by atoms with Crippen LogP contribution in [0, 0.1) is 6.92 Å². The maximum absolute atomic E-state index is 5.09. The summed E-state index contributed by atoms with van der Waals surface area (Å²) < 4.78 is 10.1. The first kappa shape index (κ1) is 12.6.